The molecule has 0 fully saturated rings. The van der Waals surface area contributed by atoms with E-state index in [1.807, 2.05) is 0 Å². The monoisotopic (exact) mass is 268 g/mol. The molecule has 1 aromatic heterocycles. The molecule has 0 aromatic carbocycles. The Morgan fingerprint density at radius 1 is 1.42 bits per heavy atom. The highest BCUT2D eigenvalue weighted by atomic mass is 19.1. The van der Waals surface area contributed by atoms with Crippen LogP contribution in [0.2, 0.25) is 0 Å². The number of hydrogen-bond acceptors (Lipinski definition) is 3. The zero-order valence-electron chi connectivity index (χ0n) is 11.1. The second-order valence-corrected chi connectivity index (χ2v) is 4.63. The molecule has 0 atom stereocenters. The van der Waals surface area contributed by atoms with Crippen LogP contribution in [0, 0.1) is 11.2 Å². The minimum atomic E-state index is -0.747. The van der Waals surface area contributed by atoms with E-state index in [2.05, 4.69) is 20.9 Å². The third-order valence-corrected chi connectivity index (χ3v) is 2.55. The van der Waals surface area contributed by atoms with Crippen molar-refractivity contribution in [3.63, 3.8) is 0 Å². The maximum absolute atomic E-state index is 13.2. The molecule has 0 aliphatic rings. The van der Waals surface area contributed by atoms with Crippen LogP contribution >= 0.6 is 0 Å². The predicted molar refractivity (Wildman–Crippen MR) is 69.1 cm³/mol. The SMILES string of the molecule is CNC(=O)C(C)(C)CNC(=O)Nc1ccncc1F. The van der Waals surface area contributed by atoms with E-state index in [0.717, 1.165) is 6.20 Å². The fraction of sp³-hybridized carbons (Fsp3) is 0.417. The van der Waals surface area contributed by atoms with Gasteiger partial charge in [0.15, 0.2) is 5.82 Å². The summed E-state index contributed by atoms with van der Waals surface area (Å²) in [6.07, 6.45) is 2.37. The van der Waals surface area contributed by atoms with Crippen molar-refractivity contribution in [2.75, 3.05) is 18.9 Å². The smallest absolute Gasteiger partial charge is 0.319 e. The number of halogens is 1. The zero-order chi connectivity index (χ0) is 14.5. The normalized spacial score (nSPS) is 10.7. The topological polar surface area (TPSA) is 83.1 Å². The summed E-state index contributed by atoms with van der Waals surface area (Å²) in [5.74, 6) is -0.814. The molecule has 104 valence electrons. The van der Waals surface area contributed by atoms with Crippen molar-refractivity contribution in [3.05, 3.63) is 24.3 Å². The molecule has 0 bridgehead atoms. The molecule has 0 aliphatic heterocycles. The van der Waals surface area contributed by atoms with Gasteiger partial charge >= 0.3 is 6.03 Å². The van der Waals surface area contributed by atoms with Gasteiger partial charge in [0.2, 0.25) is 5.91 Å². The average Bonchev–Trinajstić information content (AvgIpc) is 2.38. The zero-order valence-corrected chi connectivity index (χ0v) is 11.1. The summed E-state index contributed by atoms with van der Waals surface area (Å²) in [7, 11) is 1.52. The molecule has 19 heavy (non-hydrogen) atoms. The molecule has 7 heteroatoms. The van der Waals surface area contributed by atoms with Gasteiger partial charge in [-0.3, -0.25) is 9.78 Å². The second-order valence-electron chi connectivity index (χ2n) is 4.63. The molecule has 1 aromatic rings. The Bertz CT molecular complexity index is 477. The van der Waals surface area contributed by atoms with Crippen molar-refractivity contribution in [1.82, 2.24) is 15.6 Å². The summed E-state index contributed by atoms with van der Waals surface area (Å²) in [6, 6.07) is 0.765. The number of rotatable bonds is 4. The average molecular weight is 268 g/mol. The minimum Gasteiger partial charge on any atom is -0.359 e. The van der Waals surface area contributed by atoms with Crippen LogP contribution in [-0.2, 0) is 4.79 Å². The summed E-state index contributed by atoms with van der Waals surface area (Å²) in [5.41, 5.74) is -0.715. The Kier molecular flexibility index (Phi) is 4.80. The standard InChI is InChI=1S/C12H17FN4O2/c1-12(2,10(18)14-3)7-16-11(19)17-9-4-5-15-6-8(9)13/h4-6H,7H2,1-3H3,(H,14,18)(H2,15,16,17,19). The quantitative estimate of drug-likeness (QED) is 0.765. The lowest BCUT2D eigenvalue weighted by molar-refractivity contribution is -0.128. The van der Waals surface area contributed by atoms with E-state index in [1.165, 1.54) is 19.3 Å². The van der Waals surface area contributed by atoms with Crippen LogP contribution in [0.15, 0.2) is 18.5 Å². The fourth-order valence-electron chi connectivity index (χ4n) is 1.36. The van der Waals surface area contributed by atoms with Crippen LogP contribution in [0.25, 0.3) is 0 Å². The van der Waals surface area contributed by atoms with Crippen LogP contribution in [0.4, 0.5) is 14.9 Å². The number of nitrogens with one attached hydrogen (secondary N) is 3. The van der Waals surface area contributed by atoms with Gasteiger partial charge in [-0.15, -0.1) is 0 Å². The molecule has 0 radical (unpaired) electrons. The predicted octanol–water partition coefficient (Wildman–Crippen LogP) is 1.11. The number of carbonyl (C=O) groups is 2. The molecular weight excluding hydrogens is 251 g/mol. The Balaban J connectivity index is 2.53. The molecule has 0 spiro atoms. The lowest BCUT2D eigenvalue weighted by Crippen LogP contribution is -2.44. The summed E-state index contributed by atoms with van der Waals surface area (Å²) < 4.78 is 13.2. The van der Waals surface area contributed by atoms with Crippen LogP contribution in [0.1, 0.15) is 13.8 Å². The van der Waals surface area contributed by atoms with Crippen molar-refractivity contribution < 1.29 is 14.0 Å². The highest BCUT2D eigenvalue weighted by molar-refractivity contribution is 5.90. The number of nitrogens with zero attached hydrogens (tertiary/aromatic N) is 1. The lowest BCUT2D eigenvalue weighted by Gasteiger charge is -2.22. The van der Waals surface area contributed by atoms with Crippen molar-refractivity contribution in [1.29, 1.82) is 0 Å². The number of urea groups is 1. The van der Waals surface area contributed by atoms with Gasteiger partial charge in [0.05, 0.1) is 17.3 Å². The van der Waals surface area contributed by atoms with Gasteiger partial charge in [0.25, 0.3) is 0 Å². The number of amides is 3. The van der Waals surface area contributed by atoms with E-state index in [0.29, 0.717) is 0 Å². The molecule has 3 N–H and O–H groups in total. The molecule has 0 aliphatic carbocycles. The van der Waals surface area contributed by atoms with Crippen molar-refractivity contribution in [3.8, 4) is 0 Å². The lowest BCUT2D eigenvalue weighted by atomic mass is 9.92. The van der Waals surface area contributed by atoms with Crippen LogP contribution < -0.4 is 16.0 Å². The molecule has 0 unspecified atom stereocenters. The minimum absolute atomic E-state index is 0.0326. The maximum Gasteiger partial charge on any atom is 0.319 e. The first-order chi connectivity index (χ1) is 8.86. The van der Waals surface area contributed by atoms with E-state index in [4.69, 9.17) is 0 Å². The summed E-state index contributed by atoms with van der Waals surface area (Å²) in [5, 5.41) is 7.37. The van der Waals surface area contributed by atoms with E-state index < -0.39 is 17.3 Å². The van der Waals surface area contributed by atoms with Gasteiger partial charge < -0.3 is 16.0 Å². The van der Waals surface area contributed by atoms with E-state index in [1.54, 1.807) is 13.8 Å². The van der Waals surface area contributed by atoms with Crippen LogP contribution in [-0.4, -0.2) is 30.5 Å². The van der Waals surface area contributed by atoms with Gasteiger partial charge in [-0.25, -0.2) is 9.18 Å². The summed E-state index contributed by atoms with van der Waals surface area (Å²) in [4.78, 5) is 26.7. The van der Waals surface area contributed by atoms with Crippen molar-refractivity contribution in [2.24, 2.45) is 5.41 Å². The Morgan fingerprint density at radius 3 is 2.68 bits per heavy atom. The first-order valence-corrected chi connectivity index (χ1v) is 5.73. The molecule has 6 nitrogen and oxygen atoms in total. The largest absolute Gasteiger partial charge is 0.359 e. The van der Waals surface area contributed by atoms with E-state index in [9.17, 15) is 14.0 Å². The highest BCUT2D eigenvalue weighted by Gasteiger charge is 2.27. The van der Waals surface area contributed by atoms with Gasteiger partial charge in [0.1, 0.15) is 0 Å². The Labute approximate surface area is 110 Å². The first-order valence-electron chi connectivity index (χ1n) is 5.73. The number of carbonyl (C=O) groups excluding carboxylic acids is 2. The van der Waals surface area contributed by atoms with E-state index >= 15 is 0 Å². The number of pyridine rings is 1. The molecule has 0 saturated heterocycles. The van der Waals surface area contributed by atoms with Gasteiger partial charge in [0, 0.05) is 19.8 Å². The molecule has 1 rings (SSSR count). The molecule has 3 amide bonds. The Morgan fingerprint density at radius 2 is 2.11 bits per heavy atom. The number of hydrogen-bond donors (Lipinski definition) is 3. The third kappa shape index (κ3) is 4.20. The van der Waals surface area contributed by atoms with Crippen LogP contribution in [0.5, 0.6) is 0 Å². The highest BCUT2D eigenvalue weighted by Crippen LogP contribution is 2.14. The molecular formula is C12H17FN4O2. The first kappa shape index (κ1) is 14.9. The summed E-state index contributed by atoms with van der Waals surface area (Å²) in [6.45, 7) is 3.52. The Hall–Kier alpha value is -2.18. The maximum atomic E-state index is 13.2. The van der Waals surface area contributed by atoms with Crippen molar-refractivity contribution in [2.45, 2.75) is 13.8 Å². The number of aromatic nitrogens is 1. The molecule has 0 saturated carbocycles. The van der Waals surface area contributed by atoms with Crippen LogP contribution in [0.3, 0.4) is 0 Å². The second kappa shape index (κ2) is 6.12. The van der Waals surface area contributed by atoms with Gasteiger partial charge in [-0.1, -0.05) is 0 Å². The summed E-state index contributed by atoms with van der Waals surface area (Å²) >= 11 is 0. The van der Waals surface area contributed by atoms with Crippen molar-refractivity contribution >= 4 is 17.6 Å². The molecule has 1 heterocycles. The number of anilines is 1. The van der Waals surface area contributed by atoms with E-state index in [-0.39, 0.29) is 18.1 Å². The van der Waals surface area contributed by atoms with Gasteiger partial charge in [-0.2, -0.15) is 0 Å². The third-order valence-electron chi connectivity index (χ3n) is 2.55. The fourth-order valence-corrected chi connectivity index (χ4v) is 1.36. The van der Waals surface area contributed by atoms with Gasteiger partial charge in [-0.05, 0) is 19.9 Å².